The molecule has 10 heteroatoms. The lowest BCUT2D eigenvalue weighted by molar-refractivity contribution is -0.140. The summed E-state index contributed by atoms with van der Waals surface area (Å²) in [6, 6.07) is 16.9. The van der Waals surface area contributed by atoms with Gasteiger partial charge in [0.15, 0.2) is 0 Å². The van der Waals surface area contributed by atoms with Crippen LogP contribution in [0.15, 0.2) is 60.7 Å². The van der Waals surface area contributed by atoms with E-state index in [4.69, 9.17) is 4.74 Å². The van der Waals surface area contributed by atoms with Crippen LogP contribution >= 0.6 is 0 Å². The Balaban J connectivity index is 1.59. The van der Waals surface area contributed by atoms with Crippen LogP contribution in [0.3, 0.4) is 0 Å². The van der Waals surface area contributed by atoms with Gasteiger partial charge >= 0.3 is 6.09 Å². The van der Waals surface area contributed by atoms with Crippen LogP contribution in [0, 0.1) is 5.92 Å². The fraction of sp³-hybridized carbons (Fsp3) is 0.515. The van der Waals surface area contributed by atoms with E-state index < -0.39 is 35.8 Å². The van der Waals surface area contributed by atoms with Crippen LogP contribution in [-0.4, -0.2) is 91.9 Å². The standard InChI is InChI=1S/C33H47N5O5/c1-25(2)23-29(36-33(42)43-24-27-13-8-5-9-14-27)31(40)35-28(16-15-26-11-6-4-7-12-26)30(39)32(41)34-17-10-18-38-21-19-37(3)20-22-38/h4-9,11-14,25,28-29H,10,15-24H2,1-3H3,(H,34,41)(H,35,40)(H,36,42)/t28?,29-/m0/s1. The van der Waals surface area contributed by atoms with Crippen LogP contribution in [0.5, 0.6) is 0 Å². The quantitative estimate of drug-likeness (QED) is 0.202. The Morgan fingerprint density at radius 2 is 1.47 bits per heavy atom. The van der Waals surface area contributed by atoms with E-state index in [-0.39, 0.29) is 18.9 Å². The molecule has 1 aliphatic rings. The second-order valence-electron chi connectivity index (χ2n) is 11.6. The lowest BCUT2D eigenvalue weighted by atomic mass is 9.99. The number of alkyl carbamates (subject to hydrolysis) is 1. The van der Waals surface area contributed by atoms with Gasteiger partial charge in [0.25, 0.3) is 5.91 Å². The Labute approximate surface area is 255 Å². The predicted octanol–water partition coefficient (Wildman–Crippen LogP) is 2.77. The molecule has 1 fully saturated rings. The molecule has 2 aromatic carbocycles. The number of carbonyl (C=O) groups excluding carboxylic acids is 4. The van der Waals surface area contributed by atoms with Crippen molar-refractivity contribution in [3.8, 4) is 0 Å². The zero-order chi connectivity index (χ0) is 31.0. The number of ether oxygens (including phenoxy) is 1. The van der Waals surface area contributed by atoms with Crippen molar-refractivity contribution in [2.75, 3.05) is 46.3 Å². The number of amides is 3. The van der Waals surface area contributed by atoms with Crippen molar-refractivity contribution < 1.29 is 23.9 Å². The van der Waals surface area contributed by atoms with Gasteiger partial charge in [-0.25, -0.2) is 4.79 Å². The Kier molecular flexibility index (Phi) is 14.1. The third-order valence-electron chi connectivity index (χ3n) is 7.48. The average Bonchev–Trinajstić information content (AvgIpc) is 3.01. The van der Waals surface area contributed by atoms with E-state index in [9.17, 15) is 19.2 Å². The molecule has 0 spiro atoms. The molecule has 0 aliphatic carbocycles. The van der Waals surface area contributed by atoms with Gasteiger partial charge in [-0.1, -0.05) is 74.5 Å². The molecular weight excluding hydrogens is 546 g/mol. The molecule has 1 heterocycles. The first kappa shape index (κ1) is 33.7. The minimum atomic E-state index is -1.04. The number of piperazine rings is 1. The van der Waals surface area contributed by atoms with E-state index in [0.717, 1.165) is 50.3 Å². The van der Waals surface area contributed by atoms with Crippen molar-refractivity contribution in [1.82, 2.24) is 25.8 Å². The lowest BCUT2D eigenvalue weighted by Gasteiger charge is -2.32. The highest BCUT2D eigenvalue weighted by Gasteiger charge is 2.30. The van der Waals surface area contributed by atoms with E-state index in [1.54, 1.807) is 0 Å². The molecule has 2 aromatic rings. The second kappa shape index (κ2) is 18.0. The van der Waals surface area contributed by atoms with Crippen LogP contribution in [0.2, 0.25) is 0 Å². The summed E-state index contributed by atoms with van der Waals surface area (Å²) in [4.78, 5) is 56.8. The molecule has 2 atom stereocenters. The van der Waals surface area contributed by atoms with Gasteiger partial charge in [-0.3, -0.25) is 14.4 Å². The molecule has 234 valence electrons. The summed E-state index contributed by atoms with van der Waals surface area (Å²) in [7, 11) is 2.11. The highest BCUT2D eigenvalue weighted by atomic mass is 16.5. The van der Waals surface area contributed by atoms with Gasteiger partial charge in [-0.15, -0.1) is 0 Å². The van der Waals surface area contributed by atoms with Gasteiger partial charge in [0, 0.05) is 32.7 Å². The monoisotopic (exact) mass is 593 g/mol. The van der Waals surface area contributed by atoms with Gasteiger partial charge in [-0.2, -0.15) is 0 Å². The maximum absolute atomic E-state index is 13.4. The normalized spacial score (nSPS) is 15.3. The molecule has 0 saturated carbocycles. The molecule has 0 aromatic heterocycles. The van der Waals surface area contributed by atoms with E-state index >= 15 is 0 Å². The maximum Gasteiger partial charge on any atom is 0.408 e. The number of hydrogen-bond donors (Lipinski definition) is 3. The third kappa shape index (κ3) is 12.6. The minimum Gasteiger partial charge on any atom is -0.445 e. The SMILES string of the molecule is CC(C)C[C@H](NC(=O)OCc1ccccc1)C(=O)NC(CCc1ccccc1)C(=O)C(=O)NCCCN1CCN(C)CC1. The van der Waals surface area contributed by atoms with Gasteiger partial charge in [0.05, 0.1) is 6.04 Å². The number of Topliss-reactive ketones (excluding diaryl/α,β-unsaturated/α-hetero) is 1. The average molecular weight is 594 g/mol. The Hall–Kier alpha value is -3.76. The van der Waals surface area contributed by atoms with Crippen molar-refractivity contribution in [3.05, 3.63) is 71.8 Å². The Bertz CT molecular complexity index is 1150. The number of rotatable bonds is 16. The van der Waals surface area contributed by atoms with Gasteiger partial charge in [-0.05, 0) is 56.3 Å². The smallest absolute Gasteiger partial charge is 0.408 e. The first-order valence-electron chi connectivity index (χ1n) is 15.3. The highest BCUT2D eigenvalue weighted by molar-refractivity contribution is 6.38. The predicted molar refractivity (Wildman–Crippen MR) is 166 cm³/mol. The van der Waals surface area contributed by atoms with Crippen molar-refractivity contribution in [2.45, 2.75) is 58.2 Å². The first-order valence-corrected chi connectivity index (χ1v) is 15.3. The van der Waals surface area contributed by atoms with Gasteiger partial charge < -0.3 is 30.5 Å². The molecule has 3 N–H and O–H groups in total. The van der Waals surface area contributed by atoms with E-state index in [0.29, 0.717) is 19.4 Å². The molecule has 3 rings (SSSR count). The number of aryl methyl sites for hydroxylation is 1. The lowest BCUT2D eigenvalue weighted by Crippen LogP contribution is -2.54. The summed E-state index contributed by atoms with van der Waals surface area (Å²) in [6.07, 6.45) is 1.08. The summed E-state index contributed by atoms with van der Waals surface area (Å²) >= 11 is 0. The Morgan fingerprint density at radius 3 is 2.09 bits per heavy atom. The van der Waals surface area contributed by atoms with Crippen LogP contribution in [0.1, 0.15) is 44.2 Å². The van der Waals surface area contributed by atoms with Crippen LogP contribution in [0.25, 0.3) is 0 Å². The van der Waals surface area contributed by atoms with Crippen molar-refractivity contribution in [1.29, 1.82) is 0 Å². The van der Waals surface area contributed by atoms with Crippen LogP contribution < -0.4 is 16.0 Å². The number of carbonyl (C=O) groups is 4. The van der Waals surface area contributed by atoms with Gasteiger partial charge in [0.2, 0.25) is 11.7 Å². The number of nitrogens with zero attached hydrogens (tertiary/aromatic N) is 2. The Morgan fingerprint density at radius 1 is 0.837 bits per heavy atom. The summed E-state index contributed by atoms with van der Waals surface area (Å²) in [6.45, 7) is 9.17. The van der Waals surface area contributed by atoms with Crippen molar-refractivity contribution in [3.63, 3.8) is 0 Å². The topological polar surface area (TPSA) is 120 Å². The number of ketones is 1. The minimum absolute atomic E-state index is 0.0653. The van der Waals surface area contributed by atoms with Crippen LogP contribution in [0.4, 0.5) is 4.79 Å². The molecule has 0 bridgehead atoms. The molecule has 43 heavy (non-hydrogen) atoms. The van der Waals surface area contributed by atoms with E-state index in [1.165, 1.54) is 0 Å². The molecule has 3 amide bonds. The summed E-state index contributed by atoms with van der Waals surface area (Å²) in [5, 5.41) is 8.16. The highest BCUT2D eigenvalue weighted by Crippen LogP contribution is 2.10. The van der Waals surface area contributed by atoms with E-state index in [1.807, 2.05) is 74.5 Å². The largest absolute Gasteiger partial charge is 0.445 e. The summed E-state index contributed by atoms with van der Waals surface area (Å²) < 4.78 is 5.32. The number of likely N-dealkylation sites (N-methyl/N-ethyl adjacent to an activating group) is 1. The molecule has 0 radical (unpaired) electrons. The molecule has 1 saturated heterocycles. The first-order chi connectivity index (χ1) is 20.7. The molecule has 10 nitrogen and oxygen atoms in total. The summed E-state index contributed by atoms with van der Waals surface area (Å²) in [5.41, 5.74) is 1.81. The fourth-order valence-corrected chi connectivity index (χ4v) is 4.93. The van der Waals surface area contributed by atoms with E-state index in [2.05, 4.69) is 32.8 Å². The third-order valence-corrected chi connectivity index (χ3v) is 7.48. The molecule has 1 unspecified atom stereocenters. The number of benzene rings is 2. The fourth-order valence-electron chi connectivity index (χ4n) is 4.93. The summed E-state index contributed by atoms with van der Waals surface area (Å²) in [5.74, 6) is -1.86. The number of nitrogens with one attached hydrogen (secondary N) is 3. The molecule has 1 aliphatic heterocycles. The number of hydrogen-bond acceptors (Lipinski definition) is 7. The zero-order valence-corrected chi connectivity index (χ0v) is 25.7. The van der Waals surface area contributed by atoms with Crippen molar-refractivity contribution in [2.24, 2.45) is 5.92 Å². The maximum atomic E-state index is 13.4. The second-order valence-corrected chi connectivity index (χ2v) is 11.6. The van der Waals surface area contributed by atoms with Crippen LogP contribution in [-0.2, 0) is 32.1 Å². The van der Waals surface area contributed by atoms with Crippen molar-refractivity contribution >= 4 is 23.7 Å². The molecular formula is C33H47N5O5. The zero-order valence-electron chi connectivity index (χ0n) is 25.7. The van der Waals surface area contributed by atoms with Gasteiger partial charge in [0.1, 0.15) is 12.6 Å².